The fourth-order valence-corrected chi connectivity index (χ4v) is 2.30. The van der Waals surface area contributed by atoms with E-state index in [1.54, 1.807) is 24.3 Å². The molecule has 5 nitrogen and oxygen atoms in total. The molecule has 1 aromatic heterocycles. The molecule has 0 aliphatic rings. The first-order valence-corrected chi connectivity index (χ1v) is 6.86. The van der Waals surface area contributed by atoms with Crippen LogP contribution in [0.4, 0.5) is 19.0 Å². The second-order valence-corrected chi connectivity index (χ2v) is 4.95. The van der Waals surface area contributed by atoms with E-state index < -0.39 is 17.4 Å². The van der Waals surface area contributed by atoms with E-state index in [-0.39, 0.29) is 17.2 Å². The van der Waals surface area contributed by atoms with E-state index in [0.717, 1.165) is 6.07 Å². The third-order valence-electron chi connectivity index (χ3n) is 3.35. The Labute approximate surface area is 133 Å². The largest absolute Gasteiger partial charge is 0.417 e. The Morgan fingerprint density at radius 1 is 1.08 bits per heavy atom. The van der Waals surface area contributed by atoms with Crippen molar-refractivity contribution in [2.45, 2.75) is 6.18 Å². The van der Waals surface area contributed by atoms with Gasteiger partial charge in [0.25, 0.3) is 0 Å². The fraction of sp³-hybridized carbons (Fsp3) is 0.0625. The standard InChI is InChI=1S/C16H11F3N4O/c17-16(18,19)11-7-3-1-5-9(11)13(20)22-14-10-6-2-4-8-12(10)21-15(24)23-14/h1-8H,(H3,20,21,22,23,24). The summed E-state index contributed by atoms with van der Waals surface area (Å²) in [7, 11) is 0. The maximum absolute atomic E-state index is 13.1. The zero-order valence-corrected chi connectivity index (χ0v) is 12.1. The van der Waals surface area contributed by atoms with Crippen molar-refractivity contribution in [2.24, 2.45) is 10.7 Å². The molecule has 2 aromatic carbocycles. The molecule has 3 rings (SSSR count). The maximum Gasteiger partial charge on any atom is 0.417 e. The predicted octanol–water partition coefficient (Wildman–Crippen LogP) is 2.98. The quantitative estimate of drug-likeness (QED) is 0.559. The number of H-pyrrole nitrogens is 1. The van der Waals surface area contributed by atoms with Gasteiger partial charge in [-0.1, -0.05) is 30.3 Å². The number of alkyl halides is 3. The lowest BCUT2D eigenvalue weighted by Crippen LogP contribution is -2.20. The van der Waals surface area contributed by atoms with Crippen molar-refractivity contribution in [2.75, 3.05) is 0 Å². The molecule has 3 N–H and O–H groups in total. The van der Waals surface area contributed by atoms with Gasteiger partial charge in [0.2, 0.25) is 0 Å². The normalized spacial score (nSPS) is 12.5. The summed E-state index contributed by atoms with van der Waals surface area (Å²) >= 11 is 0. The molecule has 0 amide bonds. The average molecular weight is 332 g/mol. The third kappa shape index (κ3) is 2.98. The van der Waals surface area contributed by atoms with Crippen molar-refractivity contribution in [3.63, 3.8) is 0 Å². The highest BCUT2D eigenvalue weighted by atomic mass is 19.4. The monoisotopic (exact) mass is 332 g/mol. The summed E-state index contributed by atoms with van der Waals surface area (Å²) in [5.74, 6) is -0.407. The van der Waals surface area contributed by atoms with Crippen LogP contribution in [0.1, 0.15) is 11.1 Å². The molecule has 8 heteroatoms. The van der Waals surface area contributed by atoms with Crippen molar-refractivity contribution in [3.8, 4) is 0 Å². The summed E-state index contributed by atoms with van der Waals surface area (Å²) in [4.78, 5) is 21.8. The number of fused-ring (bicyclic) bond motifs is 1. The van der Waals surface area contributed by atoms with Crippen molar-refractivity contribution >= 4 is 22.6 Å². The van der Waals surface area contributed by atoms with Crippen molar-refractivity contribution in [1.82, 2.24) is 9.97 Å². The molecule has 122 valence electrons. The smallest absolute Gasteiger partial charge is 0.383 e. The Kier molecular flexibility index (Phi) is 3.80. The van der Waals surface area contributed by atoms with Gasteiger partial charge in [-0.05, 0) is 18.2 Å². The average Bonchev–Trinajstić information content (AvgIpc) is 2.54. The Bertz CT molecular complexity index is 992. The number of aromatic amines is 1. The zero-order chi connectivity index (χ0) is 17.3. The lowest BCUT2D eigenvalue weighted by atomic mass is 10.1. The van der Waals surface area contributed by atoms with Crippen LogP contribution in [0.3, 0.4) is 0 Å². The first-order chi connectivity index (χ1) is 11.4. The third-order valence-corrected chi connectivity index (χ3v) is 3.35. The van der Waals surface area contributed by atoms with Gasteiger partial charge in [-0.15, -0.1) is 0 Å². The number of halogens is 3. The number of rotatable bonds is 2. The summed E-state index contributed by atoms with van der Waals surface area (Å²) < 4.78 is 39.3. The van der Waals surface area contributed by atoms with E-state index in [2.05, 4.69) is 15.0 Å². The summed E-state index contributed by atoms with van der Waals surface area (Å²) in [6.45, 7) is 0. The number of aromatic nitrogens is 2. The van der Waals surface area contributed by atoms with E-state index in [0.29, 0.717) is 10.9 Å². The van der Waals surface area contributed by atoms with Gasteiger partial charge in [-0.2, -0.15) is 18.2 Å². The van der Waals surface area contributed by atoms with Gasteiger partial charge in [0.15, 0.2) is 5.82 Å². The van der Waals surface area contributed by atoms with E-state index in [9.17, 15) is 18.0 Å². The van der Waals surface area contributed by atoms with Crippen molar-refractivity contribution < 1.29 is 13.2 Å². The van der Waals surface area contributed by atoms with Crippen LogP contribution < -0.4 is 11.4 Å². The van der Waals surface area contributed by atoms with Gasteiger partial charge in [0.1, 0.15) is 5.84 Å². The molecule has 0 bridgehead atoms. The molecule has 1 heterocycles. The molecule has 0 fully saturated rings. The van der Waals surface area contributed by atoms with Crippen LogP contribution in [0.15, 0.2) is 58.3 Å². The molecule has 0 aliphatic heterocycles. The van der Waals surface area contributed by atoms with Crippen LogP contribution in [0, 0.1) is 0 Å². The van der Waals surface area contributed by atoms with Crippen molar-refractivity contribution in [3.05, 3.63) is 70.1 Å². The lowest BCUT2D eigenvalue weighted by Gasteiger charge is -2.12. The molecule has 0 saturated carbocycles. The molecule has 0 unspecified atom stereocenters. The van der Waals surface area contributed by atoms with Crippen LogP contribution >= 0.6 is 0 Å². The van der Waals surface area contributed by atoms with Gasteiger partial charge in [0, 0.05) is 10.9 Å². The van der Waals surface area contributed by atoms with E-state index in [4.69, 9.17) is 5.73 Å². The molecule has 0 atom stereocenters. The molecule has 24 heavy (non-hydrogen) atoms. The number of nitrogens with one attached hydrogen (secondary N) is 1. The minimum Gasteiger partial charge on any atom is -0.383 e. The first kappa shape index (κ1) is 15.7. The van der Waals surface area contributed by atoms with Crippen LogP contribution in [-0.2, 0) is 6.18 Å². The first-order valence-electron chi connectivity index (χ1n) is 6.86. The summed E-state index contributed by atoms with van der Waals surface area (Å²) in [6.07, 6.45) is -4.57. The van der Waals surface area contributed by atoms with E-state index in [1.165, 1.54) is 18.2 Å². The second kappa shape index (κ2) is 5.80. The van der Waals surface area contributed by atoms with Gasteiger partial charge < -0.3 is 10.7 Å². The molecular formula is C16H11F3N4O. The number of para-hydroxylation sites is 1. The van der Waals surface area contributed by atoms with E-state index >= 15 is 0 Å². The molecule has 3 aromatic rings. The predicted molar refractivity (Wildman–Crippen MR) is 84.2 cm³/mol. The molecule has 0 aliphatic carbocycles. The molecule has 0 spiro atoms. The van der Waals surface area contributed by atoms with Gasteiger partial charge in [-0.3, -0.25) is 0 Å². The Morgan fingerprint density at radius 3 is 2.50 bits per heavy atom. The SMILES string of the molecule is NC(=Nc1nc(=O)[nH]c2ccccc12)c1ccccc1C(F)(F)F. The number of benzene rings is 2. The number of nitrogens with zero attached hydrogens (tertiary/aromatic N) is 2. The number of aliphatic imine (C=N–C) groups is 1. The number of amidine groups is 1. The van der Waals surface area contributed by atoms with Crippen LogP contribution in [0.25, 0.3) is 10.9 Å². The minimum absolute atomic E-state index is 0.0381. The Morgan fingerprint density at radius 2 is 1.75 bits per heavy atom. The highest BCUT2D eigenvalue weighted by molar-refractivity contribution is 6.02. The highest BCUT2D eigenvalue weighted by Crippen LogP contribution is 2.32. The van der Waals surface area contributed by atoms with Crippen LogP contribution in [0.2, 0.25) is 0 Å². The van der Waals surface area contributed by atoms with Gasteiger partial charge in [0.05, 0.1) is 11.1 Å². The number of hydrogen-bond donors (Lipinski definition) is 2. The van der Waals surface area contributed by atoms with Crippen LogP contribution in [0.5, 0.6) is 0 Å². The summed E-state index contributed by atoms with van der Waals surface area (Å²) in [6, 6.07) is 11.5. The summed E-state index contributed by atoms with van der Waals surface area (Å²) in [5, 5.41) is 0.476. The van der Waals surface area contributed by atoms with Gasteiger partial charge >= 0.3 is 11.9 Å². The molecular weight excluding hydrogens is 321 g/mol. The molecule has 0 radical (unpaired) electrons. The summed E-state index contributed by atoms with van der Waals surface area (Å²) in [5.41, 5.74) is 4.40. The van der Waals surface area contributed by atoms with Crippen molar-refractivity contribution in [1.29, 1.82) is 0 Å². The van der Waals surface area contributed by atoms with E-state index in [1.807, 2.05) is 0 Å². The maximum atomic E-state index is 13.1. The Balaban J connectivity index is 2.19. The van der Waals surface area contributed by atoms with Gasteiger partial charge in [-0.25, -0.2) is 9.79 Å². The highest BCUT2D eigenvalue weighted by Gasteiger charge is 2.33. The van der Waals surface area contributed by atoms with Crippen LogP contribution in [-0.4, -0.2) is 15.8 Å². The molecule has 0 saturated heterocycles. The lowest BCUT2D eigenvalue weighted by molar-refractivity contribution is -0.137. The number of nitrogens with two attached hydrogens (primary N) is 1. The zero-order valence-electron chi connectivity index (χ0n) is 12.1. The second-order valence-electron chi connectivity index (χ2n) is 4.95. The Hall–Kier alpha value is -3.16. The number of hydrogen-bond acceptors (Lipinski definition) is 3. The fourth-order valence-electron chi connectivity index (χ4n) is 2.30. The minimum atomic E-state index is -4.57. The topological polar surface area (TPSA) is 84.1 Å².